The lowest BCUT2D eigenvalue weighted by Gasteiger charge is -2.09. The Morgan fingerprint density at radius 1 is 1.14 bits per heavy atom. The van der Waals surface area contributed by atoms with Crippen LogP contribution < -0.4 is 5.32 Å². The van der Waals surface area contributed by atoms with E-state index in [1.54, 1.807) is 6.07 Å². The number of benzene rings is 2. The average molecular weight is 283 g/mol. The SMILES string of the molecule is CCc1oc2ccccc2c1CNc1cc(C)ccc1F. The van der Waals surface area contributed by atoms with Crippen molar-refractivity contribution >= 4 is 16.7 Å². The maximum atomic E-state index is 13.8. The van der Waals surface area contributed by atoms with Crippen LogP contribution in [0.15, 0.2) is 46.9 Å². The molecular formula is C18H18FNO. The number of hydrogen-bond acceptors (Lipinski definition) is 2. The molecule has 3 heteroatoms. The van der Waals surface area contributed by atoms with E-state index < -0.39 is 0 Å². The van der Waals surface area contributed by atoms with Gasteiger partial charge < -0.3 is 9.73 Å². The highest BCUT2D eigenvalue weighted by Gasteiger charge is 2.12. The molecule has 3 rings (SSSR count). The van der Waals surface area contributed by atoms with Crippen molar-refractivity contribution in [1.82, 2.24) is 0 Å². The Morgan fingerprint density at radius 3 is 2.76 bits per heavy atom. The van der Waals surface area contributed by atoms with Gasteiger partial charge in [0.15, 0.2) is 0 Å². The monoisotopic (exact) mass is 283 g/mol. The van der Waals surface area contributed by atoms with Gasteiger partial charge in [-0.25, -0.2) is 4.39 Å². The topological polar surface area (TPSA) is 25.2 Å². The Kier molecular flexibility index (Phi) is 3.65. The number of hydrogen-bond donors (Lipinski definition) is 1. The van der Waals surface area contributed by atoms with Crippen LogP contribution >= 0.6 is 0 Å². The maximum absolute atomic E-state index is 13.8. The van der Waals surface area contributed by atoms with Crippen molar-refractivity contribution in [2.24, 2.45) is 0 Å². The van der Waals surface area contributed by atoms with Gasteiger partial charge in [-0.1, -0.05) is 31.2 Å². The quantitative estimate of drug-likeness (QED) is 0.724. The molecule has 21 heavy (non-hydrogen) atoms. The van der Waals surface area contributed by atoms with Crippen LogP contribution in [0, 0.1) is 12.7 Å². The molecule has 2 nitrogen and oxygen atoms in total. The summed E-state index contributed by atoms with van der Waals surface area (Å²) in [6.45, 7) is 4.57. The molecular weight excluding hydrogens is 265 g/mol. The lowest BCUT2D eigenvalue weighted by Crippen LogP contribution is -2.03. The zero-order valence-corrected chi connectivity index (χ0v) is 12.2. The third kappa shape index (κ3) is 2.64. The molecule has 3 aromatic rings. The molecule has 0 aliphatic heterocycles. The third-order valence-electron chi connectivity index (χ3n) is 3.68. The molecule has 2 aromatic carbocycles. The summed E-state index contributed by atoms with van der Waals surface area (Å²) in [6.07, 6.45) is 0.821. The molecule has 0 unspecified atom stereocenters. The van der Waals surface area contributed by atoms with Gasteiger partial charge in [-0.3, -0.25) is 0 Å². The van der Waals surface area contributed by atoms with Gasteiger partial charge in [-0.05, 0) is 30.7 Å². The number of furan rings is 1. The Morgan fingerprint density at radius 2 is 1.95 bits per heavy atom. The fourth-order valence-electron chi connectivity index (χ4n) is 2.59. The largest absolute Gasteiger partial charge is 0.461 e. The first-order valence-electron chi connectivity index (χ1n) is 7.18. The minimum Gasteiger partial charge on any atom is -0.461 e. The van der Waals surface area contributed by atoms with E-state index in [9.17, 15) is 4.39 Å². The first-order valence-corrected chi connectivity index (χ1v) is 7.18. The van der Waals surface area contributed by atoms with Crippen LogP contribution in [0.3, 0.4) is 0 Å². The molecule has 0 atom stereocenters. The Balaban J connectivity index is 1.93. The van der Waals surface area contributed by atoms with E-state index in [1.165, 1.54) is 6.07 Å². The molecule has 0 fully saturated rings. The van der Waals surface area contributed by atoms with Crippen molar-refractivity contribution in [2.75, 3.05) is 5.32 Å². The zero-order valence-electron chi connectivity index (χ0n) is 12.2. The molecule has 0 aliphatic carbocycles. The van der Waals surface area contributed by atoms with E-state index >= 15 is 0 Å². The lowest BCUT2D eigenvalue weighted by molar-refractivity contribution is 0.551. The first kappa shape index (κ1) is 13.7. The molecule has 0 spiro atoms. The van der Waals surface area contributed by atoms with Gasteiger partial charge in [-0.2, -0.15) is 0 Å². The first-order chi connectivity index (χ1) is 10.2. The lowest BCUT2D eigenvalue weighted by atomic mass is 10.1. The van der Waals surface area contributed by atoms with Crippen molar-refractivity contribution in [3.05, 3.63) is 65.2 Å². The minimum absolute atomic E-state index is 0.230. The van der Waals surface area contributed by atoms with Crippen molar-refractivity contribution < 1.29 is 8.81 Å². The molecule has 1 N–H and O–H groups in total. The summed E-state index contributed by atoms with van der Waals surface area (Å²) < 4.78 is 19.7. The fourth-order valence-corrected chi connectivity index (χ4v) is 2.59. The number of fused-ring (bicyclic) bond motifs is 1. The van der Waals surface area contributed by atoms with Gasteiger partial charge in [0.1, 0.15) is 17.2 Å². The van der Waals surface area contributed by atoms with E-state index in [-0.39, 0.29) is 5.82 Å². The maximum Gasteiger partial charge on any atom is 0.146 e. The van der Waals surface area contributed by atoms with E-state index in [4.69, 9.17) is 4.42 Å². The number of aryl methyl sites for hydroxylation is 2. The fraction of sp³-hybridized carbons (Fsp3) is 0.222. The molecule has 0 aliphatic rings. The molecule has 108 valence electrons. The summed E-state index contributed by atoms with van der Waals surface area (Å²) in [5.41, 5.74) is 3.55. The van der Waals surface area contributed by atoms with Crippen LogP contribution in [0.25, 0.3) is 11.0 Å². The molecule has 0 amide bonds. The van der Waals surface area contributed by atoms with Crippen LogP contribution in [0.4, 0.5) is 10.1 Å². The molecule has 0 bridgehead atoms. The van der Waals surface area contributed by atoms with Crippen molar-refractivity contribution in [1.29, 1.82) is 0 Å². The van der Waals surface area contributed by atoms with E-state index in [0.29, 0.717) is 12.2 Å². The summed E-state index contributed by atoms with van der Waals surface area (Å²) in [7, 11) is 0. The second-order valence-corrected chi connectivity index (χ2v) is 5.19. The predicted octanol–water partition coefficient (Wildman–Crippen LogP) is 5.05. The summed E-state index contributed by atoms with van der Waals surface area (Å²) in [5.74, 6) is 0.725. The summed E-state index contributed by atoms with van der Waals surface area (Å²) in [4.78, 5) is 0. The van der Waals surface area contributed by atoms with Gasteiger partial charge in [-0.15, -0.1) is 0 Å². The molecule has 1 aromatic heterocycles. The predicted molar refractivity (Wildman–Crippen MR) is 84.1 cm³/mol. The molecule has 1 heterocycles. The molecule has 0 radical (unpaired) electrons. The molecule has 0 saturated heterocycles. The van der Waals surface area contributed by atoms with Crippen LogP contribution in [0.2, 0.25) is 0 Å². The van der Waals surface area contributed by atoms with Crippen molar-refractivity contribution in [2.45, 2.75) is 26.8 Å². The Bertz CT molecular complexity index is 776. The highest BCUT2D eigenvalue weighted by molar-refractivity contribution is 5.82. The Labute approximate surface area is 123 Å². The summed E-state index contributed by atoms with van der Waals surface area (Å²) >= 11 is 0. The normalized spacial score (nSPS) is 11.0. The highest BCUT2D eigenvalue weighted by atomic mass is 19.1. The number of rotatable bonds is 4. The highest BCUT2D eigenvalue weighted by Crippen LogP contribution is 2.27. The van der Waals surface area contributed by atoms with Gasteiger partial charge >= 0.3 is 0 Å². The zero-order chi connectivity index (χ0) is 14.8. The Hall–Kier alpha value is -2.29. The van der Waals surface area contributed by atoms with Gasteiger partial charge in [0.05, 0.1) is 5.69 Å². The van der Waals surface area contributed by atoms with Crippen molar-refractivity contribution in [3.63, 3.8) is 0 Å². The second-order valence-electron chi connectivity index (χ2n) is 5.19. The van der Waals surface area contributed by atoms with E-state index in [2.05, 4.69) is 12.2 Å². The number of para-hydroxylation sites is 1. The van der Waals surface area contributed by atoms with Crippen LogP contribution in [0.1, 0.15) is 23.8 Å². The van der Waals surface area contributed by atoms with Crippen LogP contribution in [-0.4, -0.2) is 0 Å². The summed E-state index contributed by atoms with van der Waals surface area (Å²) in [6, 6.07) is 13.0. The minimum atomic E-state index is -0.230. The van der Waals surface area contributed by atoms with Crippen LogP contribution in [0.5, 0.6) is 0 Å². The number of nitrogens with one attached hydrogen (secondary N) is 1. The standard InChI is InChI=1S/C18H18FNO/c1-3-17-14(13-6-4-5-7-18(13)21-17)11-20-16-10-12(2)8-9-15(16)19/h4-10,20H,3,11H2,1-2H3. The molecule has 0 saturated carbocycles. The third-order valence-corrected chi connectivity index (χ3v) is 3.68. The average Bonchev–Trinajstić information content (AvgIpc) is 2.86. The number of anilines is 1. The second kappa shape index (κ2) is 5.60. The van der Waals surface area contributed by atoms with E-state index in [0.717, 1.165) is 34.3 Å². The van der Waals surface area contributed by atoms with Gasteiger partial charge in [0.2, 0.25) is 0 Å². The smallest absolute Gasteiger partial charge is 0.146 e. The van der Waals surface area contributed by atoms with Gasteiger partial charge in [0.25, 0.3) is 0 Å². The summed E-state index contributed by atoms with van der Waals surface area (Å²) in [5, 5.41) is 4.28. The van der Waals surface area contributed by atoms with Gasteiger partial charge in [0, 0.05) is 23.9 Å². The van der Waals surface area contributed by atoms with E-state index in [1.807, 2.05) is 37.3 Å². The number of halogens is 1. The van der Waals surface area contributed by atoms with Crippen molar-refractivity contribution in [3.8, 4) is 0 Å². The van der Waals surface area contributed by atoms with Crippen LogP contribution in [-0.2, 0) is 13.0 Å².